The molecule has 0 radical (unpaired) electrons. The van der Waals surface area contributed by atoms with Crippen molar-refractivity contribution >= 4 is 29.6 Å². The van der Waals surface area contributed by atoms with Crippen molar-refractivity contribution in [2.24, 2.45) is 4.99 Å². The number of imide groups is 1. The number of urea groups is 1. The van der Waals surface area contributed by atoms with E-state index in [2.05, 4.69) is 4.99 Å². The number of aliphatic imine (C=N–C) groups is 1. The lowest BCUT2D eigenvalue weighted by Gasteiger charge is -2.30. The van der Waals surface area contributed by atoms with Crippen LogP contribution in [0.15, 0.2) is 29.3 Å². The fourth-order valence-corrected chi connectivity index (χ4v) is 2.99. The molecule has 2 heterocycles. The summed E-state index contributed by atoms with van der Waals surface area (Å²) in [7, 11) is 3.03. The molecule has 0 spiro atoms. The minimum Gasteiger partial charge on any atom is -0.389 e. The van der Waals surface area contributed by atoms with Crippen LogP contribution in [-0.2, 0) is 4.79 Å². The molecular weight excluding hydrogens is 336 g/mol. The first-order chi connectivity index (χ1) is 12.4. The van der Waals surface area contributed by atoms with Crippen LogP contribution in [0.5, 0.6) is 5.75 Å². The average Bonchev–Trinajstić information content (AvgIpc) is 3.02. The van der Waals surface area contributed by atoms with Crippen molar-refractivity contribution in [1.29, 1.82) is 0 Å². The number of amidine groups is 2. The van der Waals surface area contributed by atoms with E-state index in [1.54, 1.807) is 35.9 Å². The second-order valence-corrected chi connectivity index (χ2v) is 6.08. The highest BCUT2D eigenvalue weighted by molar-refractivity contribution is 6.22. The fourth-order valence-electron chi connectivity index (χ4n) is 2.99. The van der Waals surface area contributed by atoms with Crippen molar-refractivity contribution < 1.29 is 23.7 Å². The first-order valence-electron chi connectivity index (χ1n) is 8.47. The number of likely N-dealkylation sites (N-methyl/N-ethyl adjacent to an activating group) is 3. The standard InChI is InChI=1S/C18H21N4O4/c1-5-13(23)11-7-9-12(10-8-11)26-17-19-15-14(22(17)6-2)16(24)21(4)18(25)20(15)3/h7-10,14H,5-6H2,1-4H3/q+1. The van der Waals surface area contributed by atoms with E-state index in [1.807, 2.05) is 13.8 Å². The van der Waals surface area contributed by atoms with E-state index in [4.69, 9.17) is 4.74 Å². The Kier molecular flexibility index (Phi) is 4.58. The number of Topliss-reactive ketones (excluding diaryl/α,β-unsaturated/α-hetero) is 1. The van der Waals surface area contributed by atoms with Crippen LogP contribution in [0.25, 0.3) is 0 Å². The predicted octanol–water partition coefficient (Wildman–Crippen LogP) is 1.35. The summed E-state index contributed by atoms with van der Waals surface area (Å²) in [6.07, 6.45) is 0.437. The van der Waals surface area contributed by atoms with Crippen molar-refractivity contribution in [2.45, 2.75) is 26.3 Å². The highest BCUT2D eigenvalue weighted by Gasteiger charge is 2.53. The third-order valence-corrected chi connectivity index (χ3v) is 4.54. The number of nitrogens with zero attached hydrogens (tertiary/aromatic N) is 4. The van der Waals surface area contributed by atoms with E-state index >= 15 is 0 Å². The molecule has 136 valence electrons. The molecule has 1 saturated heterocycles. The van der Waals surface area contributed by atoms with Gasteiger partial charge in [-0.3, -0.25) is 19.4 Å². The summed E-state index contributed by atoms with van der Waals surface area (Å²) in [6.45, 7) is 4.18. The Hall–Kier alpha value is -3.03. The zero-order chi connectivity index (χ0) is 19.0. The van der Waals surface area contributed by atoms with Crippen LogP contribution in [0.2, 0.25) is 0 Å². The first kappa shape index (κ1) is 17.8. The van der Waals surface area contributed by atoms with E-state index in [9.17, 15) is 14.4 Å². The van der Waals surface area contributed by atoms with Gasteiger partial charge in [0.2, 0.25) is 0 Å². The molecule has 0 aliphatic carbocycles. The second-order valence-electron chi connectivity index (χ2n) is 6.08. The topological polar surface area (TPSA) is 82.3 Å². The number of benzene rings is 1. The van der Waals surface area contributed by atoms with Gasteiger partial charge < -0.3 is 4.74 Å². The largest absolute Gasteiger partial charge is 0.502 e. The fraction of sp³-hybridized carbons (Fsp3) is 0.389. The number of amides is 3. The molecule has 1 aromatic carbocycles. The quantitative estimate of drug-likeness (QED) is 0.602. The van der Waals surface area contributed by atoms with Gasteiger partial charge in [-0.15, -0.1) is 0 Å². The van der Waals surface area contributed by atoms with Crippen molar-refractivity contribution in [3.05, 3.63) is 29.8 Å². The summed E-state index contributed by atoms with van der Waals surface area (Å²) < 4.78 is 7.55. The first-order valence-corrected chi connectivity index (χ1v) is 8.47. The maximum Gasteiger partial charge on any atom is 0.502 e. The molecule has 2 aliphatic rings. The maximum atomic E-state index is 12.5. The molecule has 8 nitrogen and oxygen atoms in total. The van der Waals surface area contributed by atoms with E-state index < -0.39 is 12.1 Å². The molecule has 0 N–H and O–H groups in total. The molecule has 0 saturated carbocycles. The van der Waals surface area contributed by atoms with Crippen LogP contribution in [0.1, 0.15) is 30.6 Å². The van der Waals surface area contributed by atoms with E-state index in [0.29, 0.717) is 30.1 Å². The summed E-state index contributed by atoms with van der Waals surface area (Å²) >= 11 is 0. The Morgan fingerprint density at radius 1 is 1.15 bits per heavy atom. The van der Waals surface area contributed by atoms with Gasteiger partial charge in [-0.1, -0.05) is 6.92 Å². The molecule has 1 atom stereocenters. The number of carbonyl (C=O) groups excluding carboxylic acids is 3. The van der Waals surface area contributed by atoms with Gasteiger partial charge in [0.15, 0.2) is 5.78 Å². The Balaban J connectivity index is 1.91. The zero-order valence-corrected chi connectivity index (χ0v) is 15.2. The van der Waals surface area contributed by atoms with Crippen molar-refractivity contribution in [1.82, 2.24) is 9.80 Å². The van der Waals surface area contributed by atoms with Crippen LogP contribution < -0.4 is 4.74 Å². The van der Waals surface area contributed by atoms with Crippen molar-refractivity contribution in [2.75, 3.05) is 20.6 Å². The van der Waals surface area contributed by atoms with Crippen LogP contribution in [0.3, 0.4) is 0 Å². The number of ketones is 1. The average molecular weight is 357 g/mol. The van der Waals surface area contributed by atoms with Gasteiger partial charge in [0, 0.05) is 31.1 Å². The third-order valence-electron chi connectivity index (χ3n) is 4.54. The number of hydrogen-bond acceptors (Lipinski definition) is 5. The Morgan fingerprint density at radius 2 is 1.81 bits per heavy atom. The van der Waals surface area contributed by atoms with Gasteiger partial charge in [-0.2, -0.15) is 0 Å². The lowest BCUT2D eigenvalue weighted by molar-refractivity contribution is -0.538. The van der Waals surface area contributed by atoms with Crippen LogP contribution >= 0.6 is 0 Å². The smallest absolute Gasteiger partial charge is 0.389 e. The van der Waals surface area contributed by atoms with E-state index in [-0.39, 0.29) is 17.7 Å². The molecule has 8 heteroatoms. The second kappa shape index (κ2) is 6.70. The van der Waals surface area contributed by atoms with Gasteiger partial charge in [0.05, 0.1) is 6.54 Å². The zero-order valence-electron chi connectivity index (χ0n) is 15.2. The monoisotopic (exact) mass is 357 g/mol. The molecule has 2 aliphatic heterocycles. The summed E-state index contributed by atoms with van der Waals surface area (Å²) in [5.41, 5.74) is 0.616. The summed E-state index contributed by atoms with van der Waals surface area (Å²) in [4.78, 5) is 43.2. The van der Waals surface area contributed by atoms with Gasteiger partial charge in [-0.25, -0.2) is 9.37 Å². The molecule has 1 aromatic rings. The lowest BCUT2D eigenvalue weighted by Crippen LogP contribution is -2.61. The Bertz CT molecular complexity index is 841. The van der Waals surface area contributed by atoms with E-state index in [1.165, 1.54) is 11.9 Å². The normalized spacial score (nSPS) is 19.7. The molecule has 0 aromatic heterocycles. The number of carbonyl (C=O) groups is 3. The number of fused-ring (bicyclic) bond motifs is 1. The minimum atomic E-state index is -0.677. The molecule has 0 bridgehead atoms. The van der Waals surface area contributed by atoms with Crippen LogP contribution in [0.4, 0.5) is 4.79 Å². The van der Waals surface area contributed by atoms with Crippen molar-refractivity contribution in [3.8, 4) is 5.75 Å². The lowest BCUT2D eigenvalue weighted by atomic mass is 10.1. The highest BCUT2D eigenvalue weighted by atomic mass is 16.5. The molecular formula is C18H21N4O4+. The SMILES string of the molecule is CCC(=O)c1ccc(OC2=[N+](CC)C3C(=O)N(C)C(=O)N(C)C3=N2)cc1. The van der Waals surface area contributed by atoms with Crippen molar-refractivity contribution in [3.63, 3.8) is 0 Å². The minimum absolute atomic E-state index is 0.0558. The molecule has 1 unspecified atom stereocenters. The summed E-state index contributed by atoms with van der Waals surface area (Å²) in [5, 5.41) is 0. The predicted molar refractivity (Wildman–Crippen MR) is 94.7 cm³/mol. The number of hydrogen-bond donors (Lipinski definition) is 0. The number of ether oxygens (including phenoxy) is 1. The number of rotatable bonds is 4. The van der Waals surface area contributed by atoms with Gasteiger partial charge in [0.1, 0.15) is 5.75 Å². The maximum absolute atomic E-state index is 12.5. The Labute approximate surface area is 151 Å². The summed E-state index contributed by atoms with van der Waals surface area (Å²) in [6, 6.07) is 5.92. The van der Waals surface area contributed by atoms with Gasteiger partial charge in [0.25, 0.3) is 17.8 Å². The third kappa shape index (κ3) is 2.77. The van der Waals surface area contributed by atoms with Gasteiger partial charge in [-0.05, 0) is 31.2 Å². The van der Waals surface area contributed by atoms with Crippen LogP contribution in [0, 0.1) is 0 Å². The van der Waals surface area contributed by atoms with Gasteiger partial charge >= 0.3 is 12.1 Å². The molecule has 1 fully saturated rings. The van der Waals surface area contributed by atoms with E-state index in [0.717, 1.165) is 4.90 Å². The molecule has 26 heavy (non-hydrogen) atoms. The molecule has 3 rings (SSSR count). The van der Waals surface area contributed by atoms with Crippen LogP contribution in [-0.4, -0.2) is 70.6 Å². The highest BCUT2D eigenvalue weighted by Crippen LogP contribution is 2.21. The Morgan fingerprint density at radius 3 is 2.38 bits per heavy atom. The summed E-state index contributed by atoms with van der Waals surface area (Å²) in [5.74, 6) is 0.577. The molecule has 3 amide bonds.